The number of alkyl halides is 5. The van der Waals surface area contributed by atoms with Crippen LogP contribution in [0.5, 0.6) is 5.75 Å². The van der Waals surface area contributed by atoms with Crippen molar-refractivity contribution in [2.75, 3.05) is 26.2 Å². The molecule has 1 saturated heterocycles. The van der Waals surface area contributed by atoms with Crippen LogP contribution in [0.4, 0.5) is 22.0 Å². The minimum absolute atomic E-state index is 0.116. The Morgan fingerprint density at radius 3 is 2.17 bits per heavy atom. The largest absolute Gasteiger partial charge is 0.434 e. The van der Waals surface area contributed by atoms with Gasteiger partial charge in [0.15, 0.2) is 0 Å². The zero-order chi connectivity index (χ0) is 21.0. The minimum Gasteiger partial charge on any atom is -0.434 e. The number of para-hydroxylation sites is 1. The van der Waals surface area contributed by atoms with Crippen molar-refractivity contribution in [3.63, 3.8) is 0 Å². The molecule has 2 aromatic rings. The van der Waals surface area contributed by atoms with Crippen molar-refractivity contribution in [3.05, 3.63) is 65.2 Å². The van der Waals surface area contributed by atoms with Gasteiger partial charge in [0.25, 0.3) is 5.91 Å². The number of halogens is 5. The van der Waals surface area contributed by atoms with Gasteiger partial charge >= 0.3 is 12.8 Å². The summed E-state index contributed by atoms with van der Waals surface area (Å²) in [6.45, 7) is -0.722. The number of benzene rings is 2. The maximum Gasteiger partial charge on any atom is 0.416 e. The molecule has 0 unspecified atom stereocenters. The third-order valence-corrected chi connectivity index (χ3v) is 4.70. The lowest BCUT2D eigenvalue weighted by Crippen LogP contribution is -2.48. The Labute approximate surface area is 164 Å². The third kappa shape index (κ3) is 5.44. The van der Waals surface area contributed by atoms with Crippen LogP contribution in [0.25, 0.3) is 0 Å². The molecule has 0 aromatic heterocycles. The van der Waals surface area contributed by atoms with E-state index in [1.165, 1.54) is 18.2 Å². The summed E-state index contributed by atoms with van der Waals surface area (Å²) in [7, 11) is 0. The highest BCUT2D eigenvalue weighted by Gasteiger charge is 2.30. The summed E-state index contributed by atoms with van der Waals surface area (Å²) in [5.41, 5.74) is 0.0148. The normalized spacial score (nSPS) is 15.6. The molecule has 1 amide bonds. The first-order chi connectivity index (χ1) is 13.7. The first kappa shape index (κ1) is 21.0. The molecule has 0 atom stereocenters. The predicted molar refractivity (Wildman–Crippen MR) is 95.7 cm³/mol. The van der Waals surface area contributed by atoms with Crippen molar-refractivity contribution in [1.29, 1.82) is 0 Å². The topological polar surface area (TPSA) is 32.8 Å². The van der Waals surface area contributed by atoms with Crippen molar-refractivity contribution in [2.24, 2.45) is 0 Å². The molecule has 29 heavy (non-hydrogen) atoms. The number of ether oxygens (including phenoxy) is 1. The van der Waals surface area contributed by atoms with Crippen LogP contribution in [0, 0.1) is 0 Å². The number of hydrogen-bond donors (Lipinski definition) is 0. The van der Waals surface area contributed by atoms with E-state index in [-0.39, 0.29) is 17.2 Å². The van der Waals surface area contributed by atoms with Gasteiger partial charge < -0.3 is 9.64 Å². The van der Waals surface area contributed by atoms with Gasteiger partial charge in [0.2, 0.25) is 0 Å². The first-order valence-electron chi connectivity index (χ1n) is 8.95. The smallest absolute Gasteiger partial charge is 0.416 e. The highest BCUT2D eigenvalue weighted by atomic mass is 19.4. The number of hydrogen-bond acceptors (Lipinski definition) is 3. The lowest BCUT2D eigenvalue weighted by atomic mass is 10.1. The average Bonchev–Trinajstić information content (AvgIpc) is 2.68. The molecule has 1 heterocycles. The Hall–Kier alpha value is -2.68. The van der Waals surface area contributed by atoms with Crippen molar-refractivity contribution < 1.29 is 31.5 Å². The molecule has 0 aliphatic carbocycles. The number of carbonyl (C=O) groups excluding carboxylic acids is 1. The Morgan fingerprint density at radius 1 is 0.966 bits per heavy atom. The van der Waals surface area contributed by atoms with Gasteiger partial charge in [-0.2, -0.15) is 22.0 Å². The standard InChI is InChI=1S/C20H19F5N2O2/c21-19(22)29-17-4-2-1-3-15(17)13-26-9-11-27(12-10-26)18(28)14-5-7-16(8-6-14)20(23,24)25/h1-8,19H,9-13H2. The quantitative estimate of drug-likeness (QED) is 0.686. The third-order valence-electron chi connectivity index (χ3n) is 4.70. The van der Waals surface area contributed by atoms with Crippen molar-refractivity contribution in [2.45, 2.75) is 19.3 Å². The fraction of sp³-hybridized carbons (Fsp3) is 0.350. The molecule has 4 nitrogen and oxygen atoms in total. The molecule has 3 rings (SSSR count). The Bertz CT molecular complexity index is 832. The van der Waals surface area contributed by atoms with Crippen LogP contribution in [0.2, 0.25) is 0 Å². The number of amides is 1. The first-order valence-corrected chi connectivity index (χ1v) is 8.95. The molecular formula is C20H19F5N2O2. The summed E-state index contributed by atoms with van der Waals surface area (Å²) in [5.74, 6) is -0.217. The SMILES string of the molecule is O=C(c1ccc(C(F)(F)F)cc1)N1CCN(Cc2ccccc2OC(F)F)CC1. The molecule has 0 radical (unpaired) electrons. The summed E-state index contributed by atoms with van der Waals surface area (Å²) in [6, 6.07) is 10.7. The van der Waals surface area contributed by atoms with Crippen LogP contribution in [0.3, 0.4) is 0 Å². The molecule has 1 fully saturated rings. The van der Waals surface area contributed by atoms with Gasteiger partial charge in [-0.1, -0.05) is 18.2 Å². The van der Waals surface area contributed by atoms with E-state index >= 15 is 0 Å². The molecule has 9 heteroatoms. The summed E-state index contributed by atoms with van der Waals surface area (Å²) in [4.78, 5) is 16.1. The monoisotopic (exact) mass is 414 g/mol. The molecule has 0 N–H and O–H groups in total. The number of nitrogens with zero attached hydrogens (tertiary/aromatic N) is 2. The highest BCUT2D eigenvalue weighted by Crippen LogP contribution is 2.29. The van der Waals surface area contributed by atoms with Gasteiger partial charge in [-0.15, -0.1) is 0 Å². The van der Waals surface area contributed by atoms with E-state index in [9.17, 15) is 26.7 Å². The Morgan fingerprint density at radius 2 is 1.59 bits per heavy atom. The van der Waals surface area contributed by atoms with Crippen molar-refractivity contribution in [1.82, 2.24) is 9.80 Å². The van der Waals surface area contributed by atoms with Crippen LogP contribution in [0.1, 0.15) is 21.5 Å². The summed E-state index contributed by atoms with van der Waals surface area (Å²) in [5, 5.41) is 0. The number of rotatable bonds is 5. The molecule has 2 aromatic carbocycles. The average molecular weight is 414 g/mol. The summed E-state index contributed by atoms with van der Waals surface area (Å²) >= 11 is 0. The van der Waals surface area contributed by atoms with E-state index in [1.807, 2.05) is 4.90 Å². The van der Waals surface area contributed by atoms with Gasteiger partial charge in [0.05, 0.1) is 5.56 Å². The molecular weight excluding hydrogens is 395 g/mol. The second-order valence-corrected chi connectivity index (χ2v) is 6.63. The van der Waals surface area contributed by atoms with Gasteiger partial charge in [0.1, 0.15) is 5.75 Å². The molecule has 0 saturated carbocycles. The van der Waals surface area contributed by atoms with Gasteiger partial charge in [-0.05, 0) is 30.3 Å². The Balaban J connectivity index is 1.57. The highest BCUT2D eigenvalue weighted by molar-refractivity contribution is 5.94. The van der Waals surface area contributed by atoms with Gasteiger partial charge in [-0.25, -0.2) is 0 Å². The lowest BCUT2D eigenvalue weighted by molar-refractivity contribution is -0.137. The summed E-state index contributed by atoms with van der Waals surface area (Å²) in [6.07, 6.45) is -4.45. The van der Waals surface area contributed by atoms with Crippen LogP contribution in [-0.2, 0) is 12.7 Å². The second-order valence-electron chi connectivity index (χ2n) is 6.63. The fourth-order valence-corrected chi connectivity index (χ4v) is 3.18. The number of carbonyl (C=O) groups is 1. The van der Waals surface area contributed by atoms with Crippen LogP contribution in [0.15, 0.2) is 48.5 Å². The molecule has 1 aliphatic heterocycles. The zero-order valence-electron chi connectivity index (χ0n) is 15.3. The van der Waals surface area contributed by atoms with E-state index in [4.69, 9.17) is 0 Å². The van der Waals surface area contributed by atoms with Crippen molar-refractivity contribution in [3.8, 4) is 5.75 Å². The Kier molecular flexibility index (Phi) is 6.36. The van der Waals surface area contributed by atoms with E-state index in [0.717, 1.165) is 12.1 Å². The summed E-state index contributed by atoms with van der Waals surface area (Å²) < 4.78 is 67.5. The molecule has 0 spiro atoms. The van der Waals surface area contributed by atoms with Crippen LogP contribution >= 0.6 is 0 Å². The van der Waals surface area contributed by atoms with E-state index in [1.54, 1.807) is 23.1 Å². The lowest BCUT2D eigenvalue weighted by Gasteiger charge is -2.35. The van der Waals surface area contributed by atoms with E-state index in [2.05, 4.69) is 4.74 Å². The molecule has 156 valence electrons. The molecule has 0 bridgehead atoms. The maximum atomic E-state index is 12.6. The molecule has 1 aliphatic rings. The van der Waals surface area contributed by atoms with Gasteiger partial charge in [0, 0.05) is 43.9 Å². The van der Waals surface area contributed by atoms with Crippen LogP contribution in [-0.4, -0.2) is 48.5 Å². The van der Waals surface area contributed by atoms with Crippen molar-refractivity contribution >= 4 is 5.91 Å². The van der Waals surface area contributed by atoms with Crippen LogP contribution < -0.4 is 4.74 Å². The second kappa shape index (κ2) is 8.77. The van der Waals surface area contributed by atoms with E-state index < -0.39 is 18.4 Å². The zero-order valence-corrected chi connectivity index (χ0v) is 15.3. The fourth-order valence-electron chi connectivity index (χ4n) is 3.18. The number of piperazine rings is 1. The maximum absolute atomic E-state index is 12.6. The van der Waals surface area contributed by atoms with Gasteiger partial charge in [-0.3, -0.25) is 9.69 Å². The minimum atomic E-state index is -4.45. The predicted octanol–water partition coefficient (Wildman–Crippen LogP) is 4.26. The van der Waals surface area contributed by atoms with E-state index in [0.29, 0.717) is 38.3 Å².